The van der Waals surface area contributed by atoms with E-state index in [4.69, 9.17) is 0 Å². The van der Waals surface area contributed by atoms with Gasteiger partial charge in [-0.1, -0.05) is 18.2 Å². The summed E-state index contributed by atoms with van der Waals surface area (Å²) < 4.78 is 2.14. The van der Waals surface area contributed by atoms with Crippen molar-refractivity contribution in [3.05, 3.63) is 35.5 Å². The molecule has 3 rings (SSSR count). The van der Waals surface area contributed by atoms with E-state index in [1.54, 1.807) is 0 Å². The molecule has 4 heteroatoms. The number of aliphatic hydroxyl groups is 1. The van der Waals surface area contributed by atoms with Crippen molar-refractivity contribution in [1.82, 2.24) is 9.47 Å². The van der Waals surface area contributed by atoms with Crippen molar-refractivity contribution in [1.29, 1.82) is 0 Å². The Morgan fingerprint density at radius 2 is 2.09 bits per heavy atom. The number of nitrogens with zero attached hydrogens (tertiary/aromatic N) is 2. The largest absolute Gasteiger partial charge is 0.396 e. The molecule has 0 saturated carbocycles. The second kappa shape index (κ2) is 6.75. The van der Waals surface area contributed by atoms with Crippen molar-refractivity contribution in [3.8, 4) is 0 Å². The Balaban J connectivity index is 2.04. The highest BCUT2D eigenvalue weighted by molar-refractivity contribution is 6.01. The van der Waals surface area contributed by atoms with Gasteiger partial charge in [0, 0.05) is 36.6 Å². The van der Waals surface area contributed by atoms with Gasteiger partial charge >= 0.3 is 0 Å². The Labute approximate surface area is 137 Å². The first-order valence-electron chi connectivity index (χ1n) is 8.68. The molecular weight excluding hydrogens is 288 g/mol. The molecule has 0 spiro atoms. The fraction of sp³-hybridized carbons (Fsp3) is 0.526. The first kappa shape index (κ1) is 16.1. The van der Waals surface area contributed by atoms with Crippen LogP contribution >= 0.6 is 0 Å². The Bertz CT molecular complexity index is 703. The van der Waals surface area contributed by atoms with Crippen molar-refractivity contribution in [2.75, 3.05) is 13.2 Å². The zero-order chi connectivity index (χ0) is 16.4. The predicted molar refractivity (Wildman–Crippen MR) is 92.7 cm³/mol. The van der Waals surface area contributed by atoms with E-state index in [2.05, 4.69) is 23.6 Å². The summed E-state index contributed by atoms with van der Waals surface area (Å²) in [6.45, 7) is 5.86. The minimum atomic E-state index is 0.124. The molecule has 0 aliphatic carbocycles. The summed E-state index contributed by atoms with van der Waals surface area (Å²) in [7, 11) is 0. The molecule has 0 bridgehead atoms. The molecule has 1 saturated heterocycles. The summed E-state index contributed by atoms with van der Waals surface area (Å²) in [4.78, 5) is 15.3. The maximum absolute atomic E-state index is 13.3. The first-order chi connectivity index (χ1) is 11.2. The summed E-state index contributed by atoms with van der Waals surface area (Å²) in [5.74, 6) is 0.124. The van der Waals surface area contributed by atoms with Gasteiger partial charge in [-0.2, -0.15) is 0 Å². The molecule has 1 amide bonds. The molecular formula is C19H26N2O2. The molecule has 1 unspecified atom stereocenters. The van der Waals surface area contributed by atoms with Crippen LogP contribution in [0.2, 0.25) is 0 Å². The average Bonchev–Trinajstić information content (AvgIpc) is 2.87. The van der Waals surface area contributed by atoms with E-state index in [1.165, 1.54) is 0 Å². The number of aryl methyl sites for hydroxylation is 2. The fourth-order valence-electron chi connectivity index (χ4n) is 3.93. The van der Waals surface area contributed by atoms with Gasteiger partial charge in [-0.05, 0) is 51.2 Å². The number of hydrogen-bond acceptors (Lipinski definition) is 2. The quantitative estimate of drug-likeness (QED) is 0.940. The smallest absolute Gasteiger partial charge is 0.271 e. The van der Waals surface area contributed by atoms with Gasteiger partial charge in [-0.15, -0.1) is 0 Å². The van der Waals surface area contributed by atoms with Crippen LogP contribution in [0.4, 0.5) is 0 Å². The molecule has 0 radical (unpaired) electrons. The topological polar surface area (TPSA) is 45.5 Å². The van der Waals surface area contributed by atoms with E-state index in [9.17, 15) is 9.90 Å². The van der Waals surface area contributed by atoms with E-state index in [0.29, 0.717) is 6.42 Å². The lowest BCUT2D eigenvalue weighted by Crippen LogP contribution is -2.45. The van der Waals surface area contributed by atoms with Gasteiger partial charge in [-0.25, -0.2) is 0 Å². The molecule has 23 heavy (non-hydrogen) atoms. The molecule has 1 atom stereocenters. The van der Waals surface area contributed by atoms with Crippen LogP contribution in [0.1, 0.15) is 48.7 Å². The van der Waals surface area contributed by atoms with E-state index in [0.717, 1.165) is 54.5 Å². The van der Waals surface area contributed by atoms with Gasteiger partial charge in [0.1, 0.15) is 5.69 Å². The maximum Gasteiger partial charge on any atom is 0.271 e. The van der Waals surface area contributed by atoms with Gasteiger partial charge in [0.25, 0.3) is 5.91 Å². The number of rotatable bonds is 4. The maximum atomic E-state index is 13.3. The summed E-state index contributed by atoms with van der Waals surface area (Å²) in [5, 5.41) is 10.5. The van der Waals surface area contributed by atoms with E-state index in [-0.39, 0.29) is 18.6 Å². The Kier molecular flexibility index (Phi) is 4.71. The van der Waals surface area contributed by atoms with Crippen molar-refractivity contribution in [2.24, 2.45) is 0 Å². The third-order valence-corrected chi connectivity index (χ3v) is 5.09. The average molecular weight is 314 g/mol. The monoisotopic (exact) mass is 314 g/mol. The number of benzene rings is 1. The van der Waals surface area contributed by atoms with Gasteiger partial charge in [0.15, 0.2) is 0 Å². The zero-order valence-corrected chi connectivity index (χ0v) is 14.1. The molecule has 124 valence electrons. The Morgan fingerprint density at radius 1 is 1.30 bits per heavy atom. The van der Waals surface area contributed by atoms with E-state index >= 15 is 0 Å². The SMILES string of the molecule is CCn1c(C(=O)N2CCCCC2CCO)c(C)c2ccccc21. The Hall–Kier alpha value is -1.81. The predicted octanol–water partition coefficient (Wildman–Crippen LogP) is 3.35. The third-order valence-electron chi connectivity index (χ3n) is 5.09. The van der Waals surface area contributed by atoms with Crippen LogP contribution in [0.5, 0.6) is 0 Å². The highest BCUT2D eigenvalue weighted by Crippen LogP contribution is 2.29. The number of hydrogen-bond donors (Lipinski definition) is 1. The van der Waals surface area contributed by atoms with E-state index < -0.39 is 0 Å². The number of piperidine rings is 1. The number of amides is 1. The molecule has 1 aliphatic rings. The summed E-state index contributed by atoms with van der Waals surface area (Å²) in [5.41, 5.74) is 3.02. The molecule has 2 aromatic rings. The molecule has 4 nitrogen and oxygen atoms in total. The summed E-state index contributed by atoms with van der Waals surface area (Å²) in [6, 6.07) is 8.40. The number of aliphatic hydroxyl groups excluding tert-OH is 1. The second-order valence-electron chi connectivity index (χ2n) is 6.40. The number of carbonyl (C=O) groups excluding carboxylic acids is 1. The van der Waals surface area contributed by atoms with Crippen LogP contribution < -0.4 is 0 Å². The van der Waals surface area contributed by atoms with Crippen LogP contribution in [0, 0.1) is 6.92 Å². The highest BCUT2D eigenvalue weighted by Gasteiger charge is 2.30. The molecule has 2 heterocycles. The summed E-state index contributed by atoms with van der Waals surface area (Å²) >= 11 is 0. The third kappa shape index (κ3) is 2.76. The van der Waals surface area contributed by atoms with Crippen LogP contribution in [0.3, 0.4) is 0 Å². The van der Waals surface area contributed by atoms with E-state index in [1.807, 2.05) is 24.0 Å². The number of fused-ring (bicyclic) bond motifs is 1. The molecule has 1 fully saturated rings. The lowest BCUT2D eigenvalue weighted by molar-refractivity contribution is 0.0563. The lowest BCUT2D eigenvalue weighted by atomic mass is 9.98. The Morgan fingerprint density at radius 3 is 2.83 bits per heavy atom. The number of likely N-dealkylation sites (tertiary alicyclic amines) is 1. The van der Waals surface area contributed by atoms with Gasteiger partial charge in [0.05, 0.1) is 0 Å². The van der Waals surface area contributed by atoms with Crippen molar-refractivity contribution >= 4 is 16.8 Å². The number of para-hydroxylation sites is 1. The number of carbonyl (C=O) groups is 1. The lowest BCUT2D eigenvalue weighted by Gasteiger charge is -2.36. The number of aromatic nitrogens is 1. The van der Waals surface area contributed by atoms with Gasteiger partial charge in [0.2, 0.25) is 0 Å². The second-order valence-corrected chi connectivity index (χ2v) is 6.40. The van der Waals surface area contributed by atoms with Crippen LogP contribution in [0.25, 0.3) is 10.9 Å². The summed E-state index contributed by atoms with van der Waals surface area (Å²) in [6.07, 6.45) is 3.87. The molecule has 1 aromatic carbocycles. The van der Waals surface area contributed by atoms with Crippen molar-refractivity contribution in [3.63, 3.8) is 0 Å². The highest BCUT2D eigenvalue weighted by atomic mass is 16.3. The van der Waals surface area contributed by atoms with Crippen LogP contribution in [-0.4, -0.2) is 39.7 Å². The normalized spacial score (nSPS) is 18.6. The molecule has 1 aliphatic heterocycles. The standard InChI is InChI=1S/C19H26N2O2/c1-3-20-17-10-5-4-9-16(17)14(2)18(20)19(23)21-12-7-6-8-15(21)11-13-22/h4-5,9-10,15,22H,3,6-8,11-13H2,1-2H3. The van der Waals surface area contributed by atoms with Gasteiger partial charge in [-0.3, -0.25) is 4.79 Å². The molecule has 1 N–H and O–H groups in total. The van der Waals surface area contributed by atoms with Gasteiger partial charge < -0.3 is 14.6 Å². The fourth-order valence-corrected chi connectivity index (χ4v) is 3.93. The molecule has 1 aromatic heterocycles. The zero-order valence-electron chi connectivity index (χ0n) is 14.1. The van der Waals surface area contributed by atoms with Crippen molar-refractivity contribution < 1.29 is 9.90 Å². The van der Waals surface area contributed by atoms with Crippen LogP contribution in [0.15, 0.2) is 24.3 Å². The minimum absolute atomic E-state index is 0.124. The van der Waals surface area contributed by atoms with Crippen molar-refractivity contribution in [2.45, 2.75) is 52.1 Å². The minimum Gasteiger partial charge on any atom is -0.396 e. The van der Waals surface area contributed by atoms with Crippen LogP contribution in [-0.2, 0) is 6.54 Å². The first-order valence-corrected chi connectivity index (χ1v) is 8.68.